The quantitative estimate of drug-likeness (QED) is 0.824. The van der Waals surface area contributed by atoms with Crippen LogP contribution in [0.1, 0.15) is 22.5 Å². The van der Waals surface area contributed by atoms with Crippen LogP contribution >= 0.6 is 0 Å². The van der Waals surface area contributed by atoms with Gasteiger partial charge in [0, 0.05) is 26.0 Å². The Bertz CT molecular complexity index is 646. The second-order valence-electron chi connectivity index (χ2n) is 4.98. The predicted molar refractivity (Wildman–Crippen MR) is 84.7 cm³/mol. The minimum atomic E-state index is -0.235. The van der Waals surface area contributed by atoms with Crippen molar-refractivity contribution >= 4 is 11.7 Å². The van der Waals surface area contributed by atoms with Crippen LogP contribution in [0.5, 0.6) is 5.75 Å². The molecule has 0 aliphatic heterocycles. The van der Waals surface area contributed by atoms with Gasteiger partial charge in [0.15, 0.2) is 11.5 Å². The number of nitrogen functional groups attached to an aromatic ring is 1. The molecule has 0 saturated heterocycles. The monoisotopic (exact) mass is 300 g/mol. The highest BCUT2D eigenvalue weighted by Crippen LogP contribution is 2.16. The Kier molecular flexibility index (Phi) is 5.30. The molecule has 6 nitrogen and oxygen atoms in total. The van der Waals surface area contributed by atoms with E-state index in [4.69, 9.17) is 10.5 Å². The molecule has 1 aromatic heterocycles. The first-order valence-electron chi connectivity index (χ1n) is 7.10. The number of hydrogen-bond acceptors (Lipinski definition) is 5. The summed E-state index contributed by atoms with van der Waals surface area (Å²) in [5.41, 5.74) is 6.94. The zero-order chi connectivity index (χ0) is 15.9. The summed E-state index contributed by atoms with van der Waals surface area (Å²) in [4.78, 5) is 21.6. The molecule has 0 atom stereocenters. The molecule has 0 unspecified atom stereocenters. The van der Waals surface area contributed by atoms with Gasteiger partial charge in [-0.25, -0.2) is 9.97 Å². The average molecular weight is 300 g/mol. The summed E-state index contributed by atoms with van der Waals surface area (Å²) in [6.07, 6.45) is 3.64. The molecule has 116 valence electrons. The van der Waals surface area contributed by atoms with Gasteiger partial charge in [-0.2, -0.15) is 0 Å². The van der Waals surface area contributed by atoms with Crippen LogP contribution in [-0.4, -0.2) is 41.0 Å². The first kappa shape index (κ1) is 15.8. The highest BCUT2D eigenvalue weighted by Gasteiger charge is 2.16. The summed E-state index contributed by atoms with van der Waals surface area (Å²) >= 11 is 0. The number of para-hydroxylation sites is 1. The molecule has 0 radical (unpaired) electrons. The van der Waals surface area contributed by atoms with Gasteiger partial charge in [0.25, 0.3) is 5.91 Å². The first-order valence-corrected chi connectivity index (χ1v) is 7.10. The van der Waals surface area contributed by atoms with E-state index in [0.29, 0.717) is 13.2 Å². The molecule has 0 bridgehead atoms. The lowest BCUT2D eigenvalue weighted by Gasteiger charge is -2.17. The minimum absolute atomic E-state index is 0.149. The van der Waals surface area contributed by atoms with Gasteiger partial charge in [-0.15, -0.1) is 0 Å². The number of anilines is 1. The number of carbonyl (C=O) groups excluding carboxylic acids is 1. The SMILES string of the molecule is Cc1ccccc1OCCCN(C)C(=O)c1nccnc1N. The van der Waals surface area contributed by atoms with E-state index in [1.807, 2.05) is 31.2 Å². The summed E-state index contributed by atoms with van der Waals surface area (Å²) in [7, 11) is 1.71. The number of ether oxygens (including phenoxy) is 1. The summed E-state index contributed by atoms with van der Waals surface area (Å²) in [5.74, 6) is 0.784. The maximum atomic E-state index is 12.2. The van der Waals surface area contributed by atoms with Crippen molar-refractivity contribution in [2.45, 2.75) is 13.3 Å². The molecule has 1 amide bonds. The molecule has 0 saturated carbocycles. The van der Waals surface area contributed by atoms with E-state index in [0.717, 1.165) is 17.7 Å². The van der Waals surface area contributed by atoms with Gasteiger partial charge >= 0.3 is 0 Å². The number of aromatic nitrogens is 2. The number of aryl methyl sites for hydroxylation is 1. The molecule has 0 aliphatic carbocycles. The third-order valence-corrected chi connectivity index (χ3v) is 3.26. The van der Waals surface area contributed by atoms with E-state index in [2.05, 4.69) is 9.97 Å². The van der Waals surface area contributed by atoms with Gasteiger partial charge in [-0.1, -0.05) is 18.2 Å². The van der Waals surface area contributed by atoms with Crippen molar-refractivity contribution in [2.24, 2.45) is 0 Å². The fourth-order valence-corrected chi connectivity index (χ4v) is 2.00. The van der Waals surface area contributed by atoms with Gasteiger partial charge in [-0.05, 0) is 25.0 Å². The van der Waals surface area contributed by atoms with Crippen LogP contribution in [0.2, 0.25) is 0 Å². The Morgan fingerprint density at radius 2 is 2.00 bits per heavy atom. The average Bonchev–Trinajstić information content (AvgIpc) is 2.52. The largest absolute Gasteiger partial charge is 0.493 e. The number of nitrogens with two attached hydrogens (primary N) is 1. The van der Waals surface area contributed by atoms with Crippen LogP contribution < -0.4 is 10.5 Å². The highest BCUT2D eigenvalue weighted by molar-refractivity contribution is 5.96. The Morgan fingerprint density at radius 1 is 1.27 bits per heavy atom. The van der Waals surface area contributed by atoms with E-state index in [9.17, 15) is 4.79 Å². The lowest BCUT2D eigenvalue weighted by atomic mass is 10.2. The van der Waals surface area contributed by atoms with Gasteiger partial charge < -0.3 is 15.4 Å². The van der Waals surface area contributed by atoms with Crippen molar-refractivity contribution in [1.82, 2.24) is 14.9 Å². The van der Waals surface area contributed by atoms with Crippen LogP contribution in [0.4, 0.5) is 5.82 Å². The predicted octanol–water partition coefficient (Wildman–Crippen LogP) is 1.91. The van der Waals surface area contributed by atoms with E-state index < -0.39 is 0 Å². The summed E-state index contributed by atoms with van der Waals surface area (Å²) in [5, 5.41) is 0. The van der Waals surface area contributed by atoms with Crippen LogP contribution in [0.3, 0.4) is 0 Å². The standard InChI is InChI=1S/C16H20N4O2/c1-12-6-3-4-7-13(12)22-11-5-10-20(2)16(21)14-15(17)19-9-8-18-14/h3-4,6-9H,5,10-11H2,1-2H3,(H2,17,19). The topological polar surface area (TPSA) is 81.3 Å². The van der Waals surface area contributed by atoms with Gasteiger partial charge in [0.05, 0.1) is 6.61 Å². The number of nitrogens with zero attached hydrogens (tertiary/aromatic N) is 3. The van der Waals surface area contributed by atoms with Gasteiger partial charge in [-0.3, -0.25) is 4.79 Å². The number of rotatable bonds is 6. The van der Waals surface area contributed by atoms with Crippen LogP contribution in [0.25, 0.3) is 0 Å². The molecule has 0 spiro atoms. The molecule has 1 aromatic carbocycles. The minimum Gasteiger partial charge on any atom is -0.493 e. The number of carbonyl (C=O) groups is 1. The Morgan fingerprint density at radius 3 is 2.73 bits per heavy atom. The van der Waals surface area contributed by atoms with Crippen LogP contribution in [0.15, 0.2) is 36.7 Å². The molecule has 2 aromatic rings. The van der Waals surface area contributed by atoms with Crippen molar-refractivity contribution in [3.05, 3.63) is 47.9 Å². The zero-order valence-electron chi connectivity index (χ0n) is 12.8. The molecule has 2 rings (SSSR count). The zero-order valence-corrected chi connectivity index (χ0v) is 12.8. The van der Waals surface area contributed by atoms with E-state index in [1.165, 1.54) is 12.4 Å². The molecular formula is C16H20N4O2. The van der Waals surface area contributed by atoms with Crippen molar-refractivity contribution in [3.63, 3.8) is 0 Å². The molecule has 0 fully saturated rings. The number of amides is 1. The van der Waals surface area contributed by atoms with E-state index in [1.54, 1.807) is 11.9 Å². The smallest absolute Gasteiger partial charge is 0.276 e. The van der Waals surface area contributed by atoms with Crippen LogP contribution in [0, 0.1) is 6.92 Å². The normalized spacial score (nSPS) is 10.3. The maximum Gasteiger partial charge on any atom is 0.276 e. The number of benzene rings is 1. The van der Waals surface area contributed by atoms with Crippen molar-refractivity contribution in [2.75, 3.05) is 25.9 Å². The molecule has 6 heteroatoms. The lowest BCUT2D eigenvalue weighted by Crippen LogP contribution is -2.30. The first-order chi connectivity index (χ1) is 10.6. The summed E-state index contributed by atoms with van der Waals surface area (Å²) in [6, 6.07) is 7.85. The van der Waals surface area contributed by atoms with Crippen LogP contribution in [-0.2, 0) is 0 Å². The molecular weight excluding hydrogens is 280 g/mol. The van der Waals surface area contributed by atoms with Gasteiger partial charge in [0.2, 0.25) is 0 Å². The second kappa shape index (κ2) is 7.40. The third kappa shape index (κ3) is 3.94. The van der Waals surface area contributed by atoms with Crippen molar-refractivity contribution < 1.29 is 9.53 Å². The van der Waals surface area contributed by atoms with E-state index in [-0.39, 0.29) is 17.4 Å². The number of hydrogen-bond donors (Lipinski definition) is 1. The molecule has 2 N–H and O–H groups in total. The molecule has 0 aliphatic rings. The lowest BCUT2D eigenvalue weighted by molar-refractivity contribution is 0.0783. The summed E-state index contributed by atoms with van der Waals surface area (Å²) < 4.78 is 5.71. The van der Waals surface area contributed by atoms with E-state index >= 15 is 0 Å². The maximum absolute atomic E-state index is 12.2. The summed E-state index contributed by atoms with van der Waals surface area (Å²) in [6.45, 7) is 3.10. The van der Waals surface area contributed by atoms with Crippen molar-refractivity contribution in [3.8, 4) is 5.75 Å². The Labute approximate surface area is 129 Å². The third-order valence-electron chi connectivity index (χ3n) is 3.26. The fraction of sp³-hybridized carbons (Fsp3) is 0.312. The van der Waals surface area contributed by atoms with Gasteiger partial charge in [0.1, 0.15) is 5.75 Å². The second-order valence-corrected chi connectivity index (χ2v) is 4.98. The molecule has 22 heavy (non-hydrogen) atoms. The van der Waals surface area contributed by atoms with Crippen molar-refractivity contribution in [1.29, 1.82) is 0 Å². The Hall–Kier alpha value is -2.63. The molecule has 1 heterocycles. The fourth-order valence-electron chi connectivity index (χ4n) is 2.00. The highest BCUT2D eigenvalue weighted by atomic mass is 16.5. The Balaban J connectivity index is 1.81.